The van der Waals surface area contributed by atoms with Crippen molar-refractivity contribution >= 4 is 70.2 Å². The lowest BCUT2D eigenvalue weighted by molar-refractivity contribution is -0.677. The molecule has 0 amide bonds. The van der Waals surface area contributed by atoms with Crippen LogP contribution < -0.4 is 18.3 Å². The van der Waals surface area contributed by atoms with Gasteiger partial charge in [0.15, 0.2) is 51.0 Å². The molecular formula is C72H54N8O8+4. The number of nitrogens with one attached hydrogen (secondary N) is 2. The van der Waals surface area contributed by atoms with Crippen molar-refractivity contribution in [2.75, 3.05) is 0 Å². The van der Waals surface area contributed by atoms with Gasteiger partial charge in [0.1, 0.15) is 0 Å². The van der Waals surface area contributed by atoms with Gasteiger partial charge in [0.05, 0.1) is 89.4 Å². The highest BCUT2D eigenvalue weighted by Gasteiger charge is 2.29. The summed E-state index contributed by atoms with van der Waals surface area (Å²) < 4.78 is 8.48. The molecule has 9 heterocycles. The van der Waals surface area contributed by atoms with Crippen molar-refractivity contribution < 1.29 is 57.9 Å². The van der Waals surface area contributed by atoms with Gasteiger partial charge in [0, 0.05) is 70.8 Å². The summed E-state index contributed by atoms with van der Waals surface area (Å²) in [4.78, 5) is 66.7. The van der Waals surface area contributed by atoms with Crippen LogP contribution in [0, 0.1) is 0 Å². The van der Waals surface area contributed by atoms with E-state index in [0.29, 0.717) is 49.0 Å². The number of aromatic amines is 2. The molecule has 13 rings (SSSR count). The highest BCUT2D eigenvalue weighted by molar-refractivity contribution is 5.98. The molecule has 6 N–H and O–H groups in total. The zero-order valence-electron chi connectivity index (χ0n) is 47.0. The summed E-state index contributed by atoms with van der Waals surface area (Å²) in [6.45, 7) is 1.58. The zero-order chi connectivity index (χ0) is 60.4. The van der Waals surface area contributed by atoms with E-state index in [4.69, 9.17) is 9.97 Å². The average Bonchev–Trinajstić information content (AvgIpc) is 2.51. The zero-order valence-corrected chi connectivity index (χ0v) is 47.0. The van der Waals surface area contributed by atoms with Gasteiger partial charge in [-0.3, -0.25) is 0 Å². The number of carbonyl (C=O) groups is 4. The summed E-state index contributed by atoms with van der Waals surface area (Å²) in [6, 6.07) is 59.6. The maximum atomic E-state index is 11.9. The number of carboxylic acids is 4. The minimum Gasteiger partial charge on any atom is -0.478 e. The largest absolute Gasteiger partial charge is 0.478 e. The number of pyridine rings is 4. The molecule has 0 aliphatic carbocycles. The van der Waals surface area contributed by atoms with Crippen molar-refractivity contribution in [3.8, 4) is 45.0 Å². The predicted molar refractivity (Wildman–Crippen MR) is 331 cm³/mol. The molecule has 0 fully saturated rings. The van der Waals surface area contributed by atoms with E-state index in [-0.39, 0.29) is 22.3 Å². The van der Waals surface area contributed by atoms with Crippen LogP contribution in [-0.4, -0.2) is 64.2 Å². The third-order valence-corrected chi connectivity index (χ3v) is 15.8. The van der Waals surface area contributed by atoms with Gasteiger partial charge < -0.3 is 30.4 Å². The molecule has 0 spiro atoms. The highest BCUT2D eigenvalue weighted by Crippen LogP contribution is 2.37. The van der Waals surface area contributed by atoms with Gasteiger partial charge in [-0.25, -0.2) is 29.1 Å². The number of benzene rings is 4. The van der Waals surface area contributed by atoms with E-state index in [0.717, 1.165) is 89.4 Å². The Morgan fingerprint density at radius 2 is 0.511 bits per heavy atom. The summed E-state index contributed by atoms with van der Waals surface area (Å²) in [5.74, 6) is -4.03. The normalized spacial score (nSPS) is 11.6. The van der Waals surface area contributed by atoms with Crippen LogP contribution >= 0.6 is 0 Å². The Hall–Kier alpha value is -12.0. The number of H-pyrrole nitrogens is 2. The second kappa shape index (κ2) is 23.5. The number of rotatable bonds is 16. The molecular weight excluding hydrogens is 1100 g/mol. The van der Waals surface area contributed by atoms with Gasteiger partial charge in [-0.1, -0.05) is 48.5 Å². The van der Waals surface area contributed by atoms with E-state index in [9.17, 15) is 39.6 Å². The maximum absolute atomic E-state index is 11.9. The molecule has 11 aromatic rings. The summed E-state index contributed by atoms with van der Waals surface area (Å²) in [5.41, 5.74) is 16.2. The molecule has 7 aromatic heterocycles. The molecule has 16 nitrogen and oxygen atoms in total. The Morgan fingerprint density at radius 1 is 0.295 bits per heavy atom. The first kappa shape index (κ1) is 55.2. The molecule has 0 unspecified atom stereocenters. The fourth-order valence-corrected chi connectivity index (χ4v) is 11.4. The molecule has 0 saturated carbocycles. The molecule has 0 radical (unpaired) electrons. The van der Waals surface area contributed by atoms with Gasteiger partial charge in [0.25, 0.3) is 0 Å². The van der Waals surface area contributed by atoms with Crippen LogP contribution in [0.5, 0.6) is 0 Å². The molecule has 16 heteroatoms. The number of nitrogens with zero attached hydrogens (tertiary/aromatic N) is 6. The lowest BCUT2D eigenvalue weighted by Gasteiger charge is -2.08. The van der Waals surface area contributed by atoms with Crippen LogP contribution in [0.2, 0.25) is 0 Å². The molecule has 8 bridgehead atoms. The Labute approximate surface area is 503 Å². The smallest absolute Gasteiger partial charge is 0.335 e. The monoisotopic (exact) mass is 1160 g/mol. The average molecular weight is 1160 g/mol. The summed E-state index contributed by atoms with van der Waals surface area (Å²) in [6.07, 6.45) is 16.1. The lowest BCUT2D eigenvalue weighted by atomic mass is 10.1. The van der Waals surface area contributed by atoms with E-state index >= 15 is 0 Å². The second-order valence-electron chi connectivity index (χ2n) is 21.4. The van der Waals surface area contributed by atoms with Crippen molar-refractivity contribution in [2.24, 2.45) is 0 Å². The van der Waals surface area contributed by atoms with Gasteiger partial charge in [-0.05, 0) is 121 Å². The minimum atomic E-state index is -1.01. The number of aromatic carboxylic acids is 4. The standard InChI is InChI=1S/C72H50N8O8/c81-69(82)49-21-13-45(14-22-49)41-77-37-5-1-9-61(77)65-53-29-31-55(73-53)66(62-10-2-6-38-78(62)42-46-15-23-50(24-16-46)70(83)84)57-33-35-59(75-57)68(64-12-4-8-40-80(64)44-48-19-27-52(28-20-48)72(87)88)60-36-34-58(76-60)67(56-32-30-54(65)74-56)63-11-3-7-39-79(63)43-47-17-25-51(26-18-47)71(85)86/h1-40H,41-44H2,(H2-3,73,74,75,76,81,82,83,84,85,86,87,88)/p+4. The molecule has 0 saturated heterocycles. The van der Waals surface area contributed by atoms with E-state index in [2.05, 4.69) is 28.2 Å². The summed E-state index contributed by atoms with van der Waals surface area (Å²) >= 11 is 0. The van der Waals surface area contributed by atoms with Gasteiger partial charge in [-0.2, -0.15) is 18.3 Å². The van der Waals surface area contributed by atoms with E-state index < -0.39 is 23.9 Å². The van der Waals surface area contributed by atoms with Crippen molar-refractivity contribution in [3.05, 3.63) is 286 Å². The van der Waals surface area contributed by atoms with Crippen molar-refractivity contribution in [3.63, 3.8) is 0 Å². The van der Waals surface area contributed by atoms with Gasteiger partial charge in [-0.15, -0.1) is 0 Å². The third kappa shape index (κ3) is 11.1. The number of hydrogen-bond acceptors (Lipinski definition) is 6. The van der Waals surface area contributed by atoms with Crippen LogP contribution in [0.15, 0.2) is 219 Å². The first-order chi connectivity index (χ1) is 42.9. The van der Waals surface area contributed by atoms with E-state index in [1.165, 1.54) is 0 Å². The van der Waals surface area contributed by atoms with E-state index in [1.807, 2.05) is 195 Å². The van der Waals surface area contributed by atoms with Crippen LogP contribution in [0.1, 0.15) is 86.5 Å². The van der Waals surface area contributed by atoms with Crippen LogP contribution in [0.4, 0.5) is 0 Å². The van der Waals surface area contributed by atoms with Crippen molar-refractivity contribution in [2.45, 2.75) is 26.2 Å². The topological polar surface area (TPSA) is 222 Å². The molecule has 88 heavy (non-hydrogen) atoms. The number of aromatic nitrogens is 8. The lowest BCUT2D eigenvalue weighted by Crippen LogP contribution is -2.36. The predicted octanol–water partition coefficient (Wildman–Crippen LogP) is 11.5. The SMILES string of the molecule is O=C(O)c1ccc(C[n+]2ccccc2-c2c3nc(c(-c4cccc[n+]4Cc4ccc(C(=O)O)cc4)c4ccc([nH]4)c(-c4cccc[n+]4Cc4ccc(C(=O)O)cc4)c4nc(c(-c5cccc[n+]5Cc5ccc(C(=O)O)cc5)c5ccc2[nH]5)C=C4)C=C3)cc1. The quantitative estimate of drug-likeness (QED) is 0.0502. The molecule has 4 aromatic carbocycles. The summed E-state index contributed by atoms with van der Waals surface area (Å²) in [5, 5.41) is 39.1. The molecule has 2 aliphatic heterocycles. The number of carboxylic acid groups (broad SMARTS) is 4. The van der Waals surface area contributed by atoms with Crippen LogP contribution in [-0.2, 0) is 26.2 Å². The Bertz CT molecular complexity index is 4250. The maximum Gasteiger partial charge on any atom is 0.335 e. The molecule has 0 atom stereocenters. The molecule has 426 valence electrons. The van der Waals surface area contributed by atoms with E-state index in [1.54, 1.807) is 48.5 Å². The Balaban J connectivity index is 1.11. The highest BCUT2D eigenvalue weighted by atomic mass is 16.4. The number of fused-ring (bicyclic) bond motifs is 8. The Kier molecular flexibility index (Phi) is 14.8. The van der Waals surface area contributed by atoms with Crippen LogP contribution in [0.25, 0.3) is 91.4 Å². The fourth-order valence-electron chi connectivity index (χ4n) is 11.4. The Morgan fingerprint density at radius 3 is 0.716 bits per heavy atom. The first-order valence-electron chi connectivity index (χ1n) is 28.3. The van der Waals surface area contributed by atoms with Crippen LogP contribution in [0.3, 0.4) is 0 Å². The minimum absolute atomic E-state index is 0.188. The second-order valence-corrected chi connectivity index (χ2v) is 21.4. The summed E-state index contributed by atoms with van der Waals surface area (Å²) in [7, 11) is 0. The molecule has 2 aliphatic rings. The van der Waals surface area contributed by atoms with Gasteiger partial charge >= 0.3 is 23.9 Å². The van der Waals surface area contributed by atoms with Crippen molar-refractivity contribution in [1.82, 2.24) is 19.9 Å². The number of hydrogen-bond donors (Lipinski definition) is 6. The third-order valence-electron chi connectivity index (χ3n) is 15.8. The van der Waals surface area contributed by atoms with Gasteiger partial charge in [0.2, 0.25) is 22.8 Å². The van der Waals surface area contributed by atoms with Crippen molar-refractivity contribution in [1.29, 1.82) is 0 Å². The first-order valence-corrected chi connectivity index (χ1v) is 28.3. The fraction of sp³-hybridized carbons (Fsp3) is 0.0556.